The Morgan fingerprint density at radius 1 is 1.21 bits per heavy atom. The van der Waals surface area contributed by atoms with Crippen molar-refractivity contribution in [1.29, 1.82) is 5.41 Å². The molecule has 0 atom stereocenters. The number of guanidine groups is 1. The van der Waals surface area contributed by atoms with Gasteiger partial charge in [-0.3, -0.25) is 10.2 Å². The third-order valence-electron chi connectivity index (χ3n) is 5.46. The molecule has 1 amide bonds. The molecule has 1 aliphatic rings. The quantitative estimate of drug-likeness (QED) is 0.595. The fraction of sp³-hybridized carbons (Fsp3) is 0.476. The number of benzene rings is 1. The lowest BCUT2D eigenvalue weighted by Crippen LogP contribution is -2.45. The van der Waals surface area contributed by atoms with Gasteiger partial charge >= 0.3 is 0 Å². The molecule has 28 heavy (non-hydrogen) atoms. The maximum Gasteiger partial charge on any atom is 0.253 e. The van der Waals surface area contributed by atoms with Crippen molar-refractivity contribution in [3.63, 3.8) is 0 Å². The first-order valence-corrected chi connectivity index (χ1v) is 10.1. The number of rotatable bonds is 6. The van der Waals surface area contributed by atoms with Crippen LogP contribution in [-0.2, 0) is 0 Å². The standard InChI is InChI=1S/C21H30N6O/c1-3-25(4-2)21(22)24-15-17-9-12-26(13-10-17)20(28)18-5-7-19(8-6-18)27-14-11-23-16-27/h5-8,11,14,16-17H,3-4,9-10,12-13,15H2,1-2H3,(H2,22,24). The van der Waals surface area contributed by atoms with Crippen molar-refractivity contribution in [2.45, 2.75) is 26.7 Å². The van der Waals surface area contributed by atoms with Gasteiger partial charge in [-0.05, 0) is 56.9 Å². The topological polar surface area (TPSA) is 77.3 Å². The number of imidazole rings is 1. The summed E-state index contributed by atoms with van der Waals surface area (Å²) in [6.45, 7) is 8.15. The average molecular weight is 383 g/mol. The first kappa shape index (κ1) is 19.9. The number of piperidine rings is 1. The van der Waals surface area contributed by atoms with E-state index in [1.54, 1.807) is 12.5 Å². The minimum Gasteiger partial charge on any atom is -0.356 e. The number of amides is 1. The van der Waals surface area contributed by atoms with Gasteiger partial charge in [0.1, 0.15) is 0 Å². The highest BCUT2D eigenvalue weighted by molar-refractivity contribution is 5.94. The van der Waals surface area contributed by atoms with Crippen molar-refractivity contribution in [2.24, 2.45) is 5.92 Å². The van der Waals surface area contributed by atoms with Crippen LogP contribution in [-0.4, -0.2) is 63.9 Å². The summed E-state index contributed by atoms with van der Waals surface area (Å²) >= 11 is 0. The molecule has 2 aromatic rings. The molecule has 1 aromatic heterocycles. The van der Waals surface area contributed by atoms with Gasteiger partial charge in [0, 0.05) is 56.4 Å². The van der Waals surface area contributed by atoms with Gasteiger partial charge in [-0.15, -0.1) is 0 Å². The zero-order chi connectivity index (χ0) is 19.9. The van der Waals surface area contributed by atoms with Crippen LogP contribution in [0.25, 0.3) is 5.69 Å². The lowest BCUT2D eigenvalue weighted by molar-refractivity contribution is 0.0691. The Bertz CT molecular complexity index is 759. The molecule has 1 aromatic carbocycles. The van der Waals surface area contributed by atoms with E-state index in [0.717, 1.165) is 56.8 Å². The smallest absolute Gasteiger partial charge is 0.253 e. The molecule has 3 rings (SSSR count). The summed E-state index contributed by atoms with van der Waals surface area (Å²) in [5, 5.41) is 11.3. The summed E-state index contributed by atoms with van der Waals surface area (Å²) in [6, 6.07) is 7.67. The zero-order valence-corrected chi connectivity index (χ0v) is 16.8. The fourth-order valence-corrected chi connectivity index (χ4v) is 3.60. The molecule has 0 unspecified atom stereocenters. The lowest BCUT2D eigenvalue weighted by atomic mass is 9.96. The highest BCUT2D eigenvalue weighted by Gasteiger charge is 2.24. The van der Waals surface area contributed by atoms with E-state index in [1.807, 2.05) is 44.8 Å². The van der Waals surface area contributed by atoms with Crippen LogP contribution < -0.4 is 5.32 Å². The van der Waals surface area contributed by atoms with Gasteiger partial charge < -0.3 is 19.7 Å². The number of likely N-dealkylation sites (tertiary alicyclic amines) is 1. The van der Waals surface area contributed by atoms with E-state index < -0.39 is 0 Å². The summed E-state index contributed by atoms with van der Waals surface area (Å²) in [5.41, 5.74) is 1.72. The van der Waals surface area contributed by atoms with E-state index in [-0.39, 0.29) is 5.91 Å². The second-order valence-electron chi connectivity index (χ2n) is 7.15. The van der Waals surface area contributed by atoms with Crippen LogP contribution in [0, 0.1) is 11.3 Å². The monoisotopic (exact) mass is 382 g/mol. The molecule has 150 valence electrons. The lowest BCUT2D eigenvalue weighted by Gasteiger charge is -2.33. The summed E-state index contributed by atoms with van der Waals surface area (Å²) in [5.74, 6) is 1.10. The molecular weight excluding hydrogens is 352 g/mol. The Labute approximate surface area is 166 Å². The van der Waals surface area contributed by atoms with Gasteiger partial charge in [0.15, 0.2) is 5.96 Å². The molecule has 1 fully saturated rings. The minimum atomic E-state index is 0.0967. The molecule has 1 aliphatic heterocycles. The highest BCUT2D eigenvalue weighted by atomic mass is 16.2. The van der Waals surface area contributed by atoms with Gasteiger partial charge in [-0.2, -0.15) is 0 Å². The van der Waals surface area contributed by atoms with Gasteiger partial charge in [0.25, 0.3) is 5.91 Å². The van der Waals surface area contributed by atoms with Crippen LogP contribution in [0.5, 0.6) is 0 Å². The number of hydrogen-bond acceptors (Lipinski definition) is 3. The van der Waals surface area contributed by atoms with Crippen LogP contribution in [0.2, 0.25) is 0 Å². The average Bonchev–Trinajstić information content (AvgIpc) is 3.28. The molecule has 7 nitrogen and oxygen atoms in total. The second kappa shape index (κ2) is 9.39. The predicted molar refractivity (Wildman–Crippen MR) is 111 cm³/mol. The van der Waals surface area contributed by atoms with Crippen LogP contribution in [0.15, 0.2) is 43.0 Å². The van der Waals surface area contributed by atoms with Crippen LogP contribution in [0.4, 0.5) is 0 Å². The first-order chi connectivity index (χ1) is 13.6. The van der Waals surface area contributed by atoms with Crippen LogP contribution in [0.3, 0.4) is 0 Å². The van der Waals surface area contributed by atoms with Crippen LogP contribution in [0.1, 0.15) is 37.0 Å². The third kappa shape index (κ3) is 4.71. The molecule has 0 aliphatic carbocycles. The van der Waals surface area contributed by atoms with E-state index in [9.17, 15) is 4.79 Å². The molecule has 2 heterocycles. The number of hydrogen-bond donors (Lipinski definition) is 2. The Morgan fingerprint density at radius 2 is 1.89 bits per heavy atom. The number of carbonyl (C=O) groups is 1. The Kier molecular flexibility index (Phi) is 6.68. The zero-order valence-electron chi connectivity index (χ0n) is 16.8. The molecular formula is C21H30N6O. The van der Waals surface area contributed by atoms with E-state index in [2.05, 4.69) is 24.1 Å². The summed E-state index contributed by atoms with van der Waals surface area (Å²) < 4.78 is 1.92. The van der Waals surface area contributed by atoms with Gasteiger partial charge in [-0.25, -0.2) is 4.98 Å². The summed E-state index contributed by atoms with van der Waals surface area (Å²) in [6.07, 6.45) is 7.31. The Morgan fingerprint density at radius 3 is 2.46 bits per heavy atom. The highest BCUT2D eigenvalue weighted by Crippen LogP contribution is 2.19. The van der Waals surface area contributed by atoms with E-state index >= 15 is 0 Å². The van der Waals surface area contributed by atoms with Crippen molar-refractivity contribution in [1.82, 2.24) is 24.7 Å². The van der Waals surface area contributed by atoms with E-state index in [1.165, 1.54) is 0 Å². The van der Waals surface area contributed by atoms with Crippen molar-refractivity contribution in [3.8, 4) is 5.69 Å². The molecule has 2 N–H and O–H groups in total. The van der Waals surface area contributed by atoms with Gasteiger partial charge in [0.2, 0.25) is 0 Å². The van der Waals surface area contributed by atoms with E-state index in [4.69, 9.17) is 5.41 Å². The SMILES string of the molecule is CCN(CC)C(=N)NCC1CCN(C(=O)c2ccc(-n3ccnc3)cc2)CC1. The number of nitrogens with zero attached hydrogens (tertiary/aromatic N) is 4. The minimum absolute atomic E-state index is 0.0967. The molecule has 0 radical (unpaired) electrons. The van der Waals surface area contributed by atoms with E-state index in [0.29, 0.717) is 11.9 Å². The summed E-state index contributed by atoms with van der Waals surface area (Å²) in [7, 11) is 0. The first-order valence-electron chi connectivity index (χ1n) is 10.1. The molecule has 0 spiro atoms. The third-order valence-corrected chi connectivity index (χ3v) is 5.46. The predicted octanol–water partition coefficient (Wildman–Crippen LogP) is 2.59. The molecule has 1 saturated heterocycles. The maximum atomic E-state index is 12.8. The van der Waals surface area contributed by atoms with Crippen molar-refractivity contribution < 1.29 is 4.79 Å². The number of nitrogens with one attached hydrogen (secondary N) is 2. The Balaban J connectivity index is 1.48. The normalized spacial score (nSPS) is 14.7. The Hall–Kier alpha value is -2.83. The maximum absolute atomic E-state index is 12.8. The summed E-state index contributed by atoms with van der Waals surface area (Å²) in [4.78, 5) is 20.8. The fourth-order valence-electron chi connectivity index (χ4n) is 3.60. The van der Waals surface area contributed by atoms with Gasteiger partial charge in [0.05, 0.1) is 6.33 Å². The molecule has 0 saturated carbocycles. The number of aromatic nitrogens is 2. The van der Waals surface area contributed by atoms with Crippen LogP contribution >= 0.6 is 0 Å². The molecule has 7 heteroatoms. The largest absolute Gasteiger partial charge is 0.356 e. The van der Waals surface area contributed by atoms with Crippen molar-refractivity contribution in [2.75, 3.05) is 32.7 Å². The van der Waals surface area contributed by atoms with Crippen molar-refractivity contribution >= 4 is 11.9 Å². The number of carbonyl (C=O) groups excluding carboxylic acids is 1. The van der Waals surface area contributed by atoms with Crippen molar-refractivity contribution in [3.05, 3.63) is 48.5 Å². The molecule has 0 bridgehead atoms. The van der Waals surface area contributed by atoms with Gasteiger partial charge in [-0.1, -0.05) is 0 Å². The second-order valence-corrected chi connectivity index (χ2v) is 7.15.